The number of hydrogen-bond acceptors (Lipinski definition) is 8. The van der Waals surface area contributed by atoms with Crippen molar-refractivity contribution in [2.24, 2.45) is 5.10 Å². The van der Waals surface area contributed by atoms with E-state index in [0.29, 0.717) is 0 Å². The van der Waals surface area contributed by atoms with Gasteiger partial charge in [0.2, 0.25) is 10.9 Å². The predicted molar refractivity (Wildman–Crippen MR) is 81.9 cm³/mol. The third kappa shape index (κ3) is 2.07. The van der Waals surface area contributed by atoms with Crippen molar-refractivity contribution in [1.82, 2.24) is 15.9 Å². The summed E-state index contributed by atoms with van der Waals surface area (Å²) >= 11 is 1.52. The number of thioether (sulfide) groups is 1. The molecule has 0 aromatic carbocycles. The molecule has 1 aromatic heterocycles. The minimum Gasteiger partial charge on any atom is -0.612 e. The van der Waals surface area contributed by atoms with Crippen molar-refractivity contribution in [2.45, 2.75) is 5.37 Å². The van der Waals surface area contributed by atoms with Crippen LogP contribution in [0.1, 0.15) is 11.1 Å². The molecule has 0 radical (unpaired) electrons. The molecule has 0 amide bonds. The molecule has 0 unspecified atom stereocenters. The van der Waals surface area contributed by atoms with Gasteiger partial charge in [-0.3, -0.25) is 5.43 Å². The lowest BCUT2D eigenvalue weighted by molar-refractivity contribution is -0.377. The SMILES string of the molecule is [O-][N+]([O-])=C1C=CC(=C2NN=C3S[C@H](c4ccco4)NN32)C=C1. The second kappa shape index (κ2) is 4.97. The number of allylic oxidation sites excluding steroid dienone is 5. The Labute approximate surface area is 129 Å². The van der Waals surface area contributed by atoms with Crippen LogP contribution in [0.25, 0.3) is 0 Å². The molecular formula is C13H10N5O3S-. The van der Waals surface area contributed by atoms with Crippen molar-refractivity contribution in [3.63, 3.8) is 0 Å². The van der Waals surface area contributed by atoms with E-state index < -0.39 is 4.90 Å². The number of amidine groups is 1. The summed E-state index contributed by atoms with van der Waals surface area (Å²) in [6.07, 6.45) is 7.93. The molecule has 1 aliphatic carbocycles. The number of rotatable bonds is 1. The second-order valence-electron chi connectivity index (χ2n) is 4.64. The molecule has 1 aromatic rings. The van der Waals surface area contributed by atoms with E-state index in [1.807, 2.05) is 17.1 Å². The van der Waals surface area contributed by atoms with Crippen LogP contribution in [-0.4, -0.2) is 20.8 Å². The monoisotopic (exact) mass is 316 g/mol. The quantitative estimate of drug-likeness (QED) is 0.598. The first kappa shape index (κ1) is 13.0. The van der Waals surface area contributed by atoms with Crippen molar-refractivity contribution in [3.05, 3.63) is 70.3 Å². The highest BCUT2D eigenvalue weighted by Crippen LogP contribution is 2.38. The number of furan rings is 1. The van der Waals surface area contributed by atoms with Gasteiger partial charge in [-0.2, -0.15) is 4.90 Å². The van der Waals surface area contributed by atoms with Crippen molar-refractivity contribution in [3.8, 4) is 0 Å². The summed E-state index contributed by atoms with van der Waals surface area (Å²) < 4.78 is 5.40. The standard InChI is InChI=1S/C13H10N5O3S/c19-18(20)9-5-3-8(4-6-9)11-14-15-13-17(11)16-12(22-13)10-2-1-7-21-10/h1-7,12,14,16H/q-1/t12-/m1/s1. The Kier molecular flexibility index (Phi) is 2.94. The van der Waals surface area contributed by atoms with E-state index >= 15 is 0 Å². The van der Waals surface area contributed by atoms with E-state index in [1.54, 1.807) is 18.4 Å². The van der Waals surface area contributed by atoms with Gasteiger partial charge in [0.25, 0.3) is 0 Å². The summed E-state index contributed by atoms with van der Waals surface area (Å²) in [7, 11) is 0. The molecule has 4 rings (SSSR count). The van der Waals surface area contributed by atoms with Crippen LogP contribution in [0.2, 0.25) is 0 Å². The second-order valence-corrected chi connectivity index (χ2v) is 5.71. The Bertz CT molecular complexity index is 741. The lowest BCUT2D eigenvalue weighted by Crippen LogP contribution is -2.34. The Morgan fingerprint density at radius 1 is 1.27 bits per heavy atom. The Hall–Kier alpha value is -2.65. The number of nitrogens with one attached hydrogen (secondary N) is 2. The zero-order valence-corrected chi connectivity index (χ0v) is 11.9. The van der Waals surface area contributed by atoms with E-state index in [2.05, 4.69) is 16.0 Å². The normalized spacial score (nSPS) is 22.9. The number of hydrazone groups is 1. The van der Waals surface area contributed by atoms with Gasteiger partial charge in [-0.05, 0) is 24.3 Å². The maximum absolute atomic E-state index is 10.7. The van der Waals surface area contributed by atoms with Gasteiger partial charge in [0.05, 0.1) is 6.26 Å². The number of fused-ring (bicyclic) bond motifs is 1. The van der Waals surface area contributed by atoms with Gasteiger partial charge < -0.3 is 14.8 Å². The van der Waals surface area contributed by atoms with E-state index in [9.17, 15) is 10.4 Å². The van der Waals surface area contributed by atoms with Crippen LogP contribution in [0.5, 0.6) is 0 Å². The molecule has 3 aliphatic rings. The number of nitrogens with zero attached hydrogens (tertiary/aromatic N) is 3. The maximum Gasteiger partial charge on any atom is 0.222 e. The van der Waals surface area contributed by atoms with Gasteiger partial charge in [-0.15, -0.1) is 5.10 Å². The maximum atomic E-state index is 10.7. The number of hydrazine groups is 1. The van der Waals surface area contributed by atoms with Gasteiger partial charge in [0, 0.05) is 17.7 Å². The first-order chi connectivity index (χ1) is 10.7. The zero-order chi connectivity index (χ0) is 15.1. The van der Waals surface area contributed by atoms with E-state index in [0.717, 1.165) is 22.3 Å². The van der Waals surface area contributed by atoms with Crippen molar-refractivity contribution < 1.29 is 9.32 Å². The van der Waals surface area contributed by atoms with Crippen LogP contribution in [0.15, 0.2) is 63.6 Å². The van der Waals surface area contributed by atoms with Crippen LogP contribution in [0.3, 0.4) is 0 Å². The molecule has 2 aliphatic heterocycles. The fourth-order valence-corrected chi connectivity index (χ4v) is 3.21. The van der Waals surface area contributed by atoms with Gasteiger partial charge in [-0.25, -0.2) is 10.4 Å². The Balaban J connectivity index is 1.60. The minimum absolute atomic E-state index is 0.0519. The topological polar surface area (TPSA) is 102 Å². The molecule has 3 heterocycles. The molecule has 8 nitrogen and oxygen atoms in total. The highest BCUT2D eigenvalue weighted by atomic mass is 32.2. The summed E-state index contributed by atoms with van der Waals surface area (Å²) in [6.45, 7) is 0. The molecule has 1 atom stereocenters. The molecule has 1 fully saturated rings. The Morgan fingerprint density at radius 3 is 2.77 bits per heavy atom. The molecule has 0 saturated carbocycles. The third-order valence-corrected chi connectivity index (χ3v) is 4.35. The minimum atomic E-state index is -0.421. The average molecular weight is 316 g/mol. The Morgan fingerprint density at radius 2 is 2.09 bits per heavy atom. The summed E-state index contributed by atoms with van der Waals surface area (Å²) in [6, 6.07) is 3.73. The number of hydrogen-bond donors (Lipinski definition) is 2. The summed E-state index contributed by atoms with van der Waals surface area (Å²) in [5.74, 6) is 1.54. The fourth-order valence-electron chi connectivity index (χ4n) is 2.24. The highest BCUT2D eigenvalue weighted by molar-refractivity contribution is 8.14. The van der Waals surface area contributed by atoms with Crippen molar-refractivity contribution in [2.75, 3.05) is 0 Å². The van der Waals surface area contributed by atoms with E-state index in [4.69, 9.17) is 4.42 Å². The first-order valence-corrected chi connectivity index (χ1v) is 7.32. The van der Waals surface area contributed by atoms with Gasteiger partial charge in [-0.1, -0.05) is 11.8 Å². The third-order valence-electron chi connectivity index (χ3n) is 3.30. The predicted octanol–water partition coefficient (Wildman–Crippen LogP) is 1.49. The van der Waals surface area contributed by atoms with Crippen molar-refractivity contribution >= 4 is 22.6 Å². The molecule has 1 saturated heterocycles. The van der Waals surface area contributed by atoms with E-state index in [1.165, 1.54) is 23.9 Å². The summed E-state index contributed by atoms with van der Waals surface area (Å²) in [5.41, 5.74) is 7.08. The summed E-state index contributed by atoms with van der Waals surface area (Å²) in [5, 5.41) is 28.2. The molecular weight excluding hydrogens is 306 g/mol. The fraction of sp³-hybridized carbons (Fsp3) is 0.0769. The first-order valence-electron chi connectivity index (χ1n) is 6.44. The molecule has 112 valence electrons. The lowest BCUT2D eigenvalue weighted by Gasteiger charge is -2.17. The van der Waals surface area contributed by atoms with Crippen LogP contribution in [-0.2, 0) is 0 Å². The van der Waals surface area contributed by atoms with Crippen LogP contribution in [0, 0.1) is 10.4 Å². The molecule has 0 spiro atoms. The van der Waals surface area contributed by atoms with Crippen LogP contribution >= 0.6 is 11.8 Å². The van der Waals surface area contributed by atoms with Crippen LogP contribution < -0.4 is 10.9 Å². The summed E-state index contributed by atoms with van der Waals surface area (Å²) in [4.78, 5) is -0.421. The highest BCUT2D eigenvalue weighted by Gasteiger charge is 2.37. The smallest absolute Gasteiger partial charge is 0.222 e. The van der Waals surface area contributed by atoms with Crippen LogP contribution in [0.4, 0.5) is 0 Å². The van der Waals surface area contributed by atoms with Gasteiger partial charge >= 0.3 is 0 Å². The molecule has 2 N–H and O–H groups in total. The largest absolute Gasteiger partial charge is 0.612 e. The van der Waals surface area contributed by atoms with Gasteiger partial charge in [0.15, 0.2) is 5.82 Å². The lowest BCUT2D eigenvalue weighted by atomic mass is 10.1. The molecule has 22 heavy (non-hydrogen) atoms. The molecule has 9 heteroatoms. The zero-order valence-electron chi connectivity index (χ0n) is 11.1. The van der Waals surface area contributed by atoms with E-state index in [-0.39, 0.29) is 11.1 Å². The van der Waals surface area contributed by atoms with Crippen molar-refractivity contribution in [1.29, 1.82) is 0 Å². The van der Waals surface area contributed by atoms with Gasteiger partial charge in [0.1, 0.15) is 11.1 Å². The average Bonchev–Trinajstić information content (AvgIpc) is 3.23. The molecule has 0 bridgehead atoms.